The fraction of sp³-hybridized carbons (Fsp3) is 0.429. The van der Waals surface area contributed by atoms with E-state index < -0.39 is 24.0 Å². The Labute approximate surface area is 122 Å². The quantitative estimate of drug-likeness (QED) is 0.662. The van der Waals surface area contributed by atoms with Gasteiger partial charge in [0.15, 0.2) is 0 Å². The maximum Gasteiger partial charge on any atom is 0.326 e. The van der Waals surface area contributed by atoms with Crippen molar-refractivity contribution in [2.75, 3.05) is 12.0 Å². The van der Waals surface area contributed by atoms with Crippen molar-refractivity contribution >= 4 is 23.6 Å². The van der Waals surface area contributed by atoms with Crippen LogP contribution in [-0.2, 0) is 16.0 Å². The molecule has 2 atom stereocenters. The molecule has 1 amide bonds. The van der Waals surface area contributed by atoms with Gasteiger partial charge in [0.2, 0.25) is 5.91 Å². The van der Waals surface area contributed by atoms with Crippen molar-refractivity contribution in [3.63, 3.8) is 0 Å². The van der Waals surface area contributed by atoms with Crippen LogP contribution in [0.2, 0.25) is 0 Å². The maximum atomic E-state index is 11.9. The molecule has 0 aliphatic carbocycles. The predicted molar refractivity (Wildman–Crippen MR) is 80.7 cm³/mol. The number of rotatable bonds is 8. The zero-order valence-electron chi connectivity index (χ0n) is 11.4. The highest BCUT2D eigenvalue weighted by atomic mass is 32.2. The highest BCUT2D eigenvalue weighted by molar-refractivity contribution is 7.98. The zero-order chi connectivity index (χ0) is 15.0. The van der Waals surface area contributed by atoms with E-state index in [0.29, 0.717) is 18.6 Å². The summed E-state index contributed by atoms with van der Waals surface area (Å²) in [6.07, 6.45) is 2.67. The summed E-state index contributed by atoms with van der Waals surface area (Å²) in [5.74, 6) is -0.785. The van der Waals surface area contributed by atoms with E-state index in [0.717, 1.165) is 5.56 Å². The molecule has 6 heteroatoms. The zero-order valence-corrected chi connectivity index (χ0v) is 12.2. The predicted octanol–water partition coefficient (Wildman–Crippen LogP) is 0.879. The highest BCUT2D eigenvalue weighted by Crippen LogP contribution is 2.04. The van der Waals surface area contributed by atoms with Gasteiger partial charge in [-0.05, 0) is 30.4 Å². The van der Waals surface area contributed by atoms with Crippen molar-refractivity contribution in [1.82, 2.24) is 5.32 Å². The monoisotopic (exact) mass is 296 g/mol. The average Bonchev–Trinajstić information content (AvgIpc) is 2.43. The Morgan fingerprint density at radius 3 is 2.55 bits per heavy atom. The van der Waals surface area contributed by atoms with Crippen molar-refractivity contribution in [3.8, 4) is 0 Å². The summed E-state index contributed by atoms with van der Waals surface area (Å²) in [7, 11) is 0. The first-order chi connectivity index (χ1) is 9.54. The molecule has 20 heavy (non-hydrogen) atoms. The van der Waals surface area contributed by atoms with E-state index in [2.05, 4.69) is 5.32 Å². The van der Waals surface area contributed by atoms with Gasteiger partial charge in [-0.3, -0.25) is 4.79 Å². The van der Waals surface area contributed by atoms with Gasteiger partial charge in [-0.15, -0.1) is 0 Å². The van der Waals surface area contributed by atoms with Crippen molar-refractivity contribution in [2.24, 2.45) is 5.73 Å². The summed E-state index contributed by atoms with van der Waals surface area (Å²) in [4.78, 5) is 23.0. The number of carboxylic acids is 1. The third kappa shape index (κ3) is 5.63. The number of carbonyl (C=O) groups excluding carboxylic acids is 1. The molecule has 0 fully saturated rings. The van der Waals surface area contributed by atoms with Crippen LogP contribution in [0.1, 0.15) is 12.0 Å². The molecule has 0 saturated carbocycles. The van der Waals surface area contributed by atoms with E-state index >= 15 is 0 Å². The van der Waals surface area contributed by atoms with Gasteiger partial charge >= 0.3 is 5.97 Å². The first kappa shape index (κ1) is 16.5. The van der Waals surface area contributed by atoms with E-state index in [-0.39, 0.29) is 0 Å². The minimum atomic E-state index is -1.03. The van der Waals surface area contributed by atoms with Crippen LogP contribution in [0.4, 0.5) is 0 Å². The van der Waals surface area contributed by atoms with E-state index in [1.54, 1.807) is 0 Å². The third-order valence-electron chi connectivity index (χ3n) is 2.86. The Morgan fingerprint density at radius 1 is 1.35 bits per heavy atom. The number of aliphatic carboxylic acids is 1. The Hall–Kier alpha value is -1.53. The molecule has 0 spiro atoms. The van der Waals surface area contributed by atoms with Crippen LogP contribution in [0, 0.1) is 0 Å². The molecule has 0 aromatic heterocycles. The third-order valence-corrected chi connectivity index (χ3v) is 3.50. The Bertz CT molecular complexity index is 439. The lowest BCUT2D eigenvalue weighted by Gasteiger charge is -2.17. The number of carbonyl (C=O) groups is 2. The molecule has 0 heterocycles. The van der Waals surface area contributed by atoms with Crippen LogP contribution < -0.4 is 11.1 Å². The smallest absolute Gasteiger partial charge is 0.326 e. The Kier molecular flexibility index (Phi) is 7.11. The van der Waals surface area contributed by atoms with Crippen molar-refractivity contribution < 1.29 is 14.7 Å². The summed E-state index contributed by atoms with van der Waals surface area (Å²) < 4.78 is 0. The standard InChI is InChI=1S/C14H20N2O3S/c1-20-8-7-12(14(18)19)16-13(17)11(15)9-10-5-3-2-4-6-10/h2-6,11-12H,7-9,15H2,1H3,(H,16,17)(H,18,19)/t11-,12-/m1/s1. The van der Waals surface area contributed by atoms with E-state index in [1.165, 1.54) is 11.8 Å². The number of thioether (sulfide) groups is 1. The maximum absolute atomic E-state index is 11.9. The second kappa shape index (κ2) is 8.60. The topological polar surface area (TPSA) is 92.4 Å². The van der Waals surface area contributed by atoms with Gasteiger partial charge in [-0.25, -0.2) is 4.79 Å². The van der Waals surface area contributed by atoms with Gasteiger partial charge in [-0.2, -0.15) is 11.8 Å². The number of nitrogens with one attached hydrogen (secondary N) is 1. The summed E-state index contributed by atoms with van der Waals surface area (Å²) >= 11 is 1.54. The molecule has 0 unspecified atom stereocenters. The largest absolute Gasteiger partial charge is 0.480 e. The molecule has 0 bridgehead atoms. The Balaban J connectivity index is 2.53. The second-order valence-corrected chi connectivity index (χ2v) is 5.46. The fourth-order valence-corrected chi connectivity index (χ4v) is 2.20. The average molecular weight is 296 g/mol. The number of benzene rings is 1. The number of carboxylic acid groups (broad SMARTS) is 1. The van der Waals surface area contributed by atoms with Gasteiger partial charge < -0.3 is 16.2 Å². The molecule has 1 aromatic rings. The van der Waals surface area contributed by atoms with Crippen LogP contribution in [0.3, 0.4) is 0 Å². The number of hydrogen-bond donors (Lipinski definition) is 3. The van der Waals surface area contributed by atoms with Gasteiger partial charge in [0.25, 0.3) is 0 Å². The SMILES string of the molecule is CSCC[C@@H](NC(=O)[C@H](N)Cc1ccccc1)C(=O)O. The van der Waals surface area contributed by atoms with Crippen LogP contribution in [0.15, 0.2) is 30.3 Å². The van der Waals surface area contributed by atoms with E-state index in [9.17, 15) is 9.59 Å². The summed E-state index contributed by atoms with van der Waals surface area (Å²) in [5.41, 5.74) is 6.77. The van der Waals surface area contributed by atoms with Gasteiger partial charge in [0.05, 0.1) is 6.04 Å². The fourth-order valence-electron chi connectivity index (χ4n) is 1.73. The first-order valence-corrected chi connectivity index (χ1v) is 7.75. The van der Waals surface area contributed by atoms with Gasteiger partial charge in [-0.1, -0.05) is 30.3 Å². The highest BCUT2D eigenvalue weighted by Gasteiger charge is 2.22. The minimum Gasteiger partial charge on any atom is -0.480 e. The minimum absolute atomic E-state index is 0.389. The molecule has 0 radical (unpaired) electrons. The summed E-state index contributed by atoms with van der Waals surface area (Å²) in [5, 5.41) is 11.5. The van der Waals surface area contributed by atoms with Crippen LogP contribution >= 0.6 is 11.8 Å². The molecule has 5 nitrogen and oxygen atoms in total. The second-order valence-electron chi connectivity index (χ2n) is 4.48. The molecular weight excluding hydrogens is 276 g/mol. The Morgan fingerprint density at radius 2 is 2.00 bits per heavy atom. The summed E-state index contributed by atoms with van der Waals surface area (Å²) in [6, 6.07) is 7.78. The molecule has 0 aliphatic heterocycles. The normalized spacial score (nSPS) is 13.5. The number of hydrogen-bond acceptors (Lipinski definition) is 4. The molecule has 0 saturated heterocycles. The van der Waals surface area contributed by atoms with Crippen molar-refractivity contribution in [3.05, 3.63) is 35.9 Å². The lowest BCUT2D eigenvalue weighted by Crippen LogP contribution is -2.49. The molecule has 1 aromatic carbocycles. The van der Waals surface area contributed by atoms with Crippen LogP contribution in [0.25, 0.3) is 0 Å². The number of nitrogens with two attached hydrogens (primary N) is 1. The molecule has 110 valence electrons. The van der Waals surface area contributed by atoms with Crippen LogP contribution in [-0.4, -0.2) is 41.1 Å². The lowest BCUT2D eigenvalue weighted by atomic mass is 10.1. The molecular formula is C14H20N2O3S. The van der Waals surface area contributed by atoms with Crippen molar-refractivity contribution in [1.29, 1.82) is 0 Å². The molecule has 4 N–H and O–H groups in total. The number of amides is 1. The lowest BCUT2D eigenvalue weighted by molar-refractivity contribution is -0.142. The van der Waals surface area contributed by atoms with E-state index in [4.69, 9.17) is 10.8 Å². The van der Waals surface area contributed by atoms with E-state index in [1.807, 2.05) is 36.6 Å². The molecule has 0 aliphatic rings. The van der Waals surface area contributed by atoms with Gasteiger partial charge in [0, 0.05) is 0 Å². The van der Waals surface area contributed by atoms with Gasteiger partial charge in [0.1, 0.15) is 6.04 Å². The summed E-state index contributed by atoms with van der Waals surface area (Å²) in [6.45, 7) is 0. The first-order valence-electron chi connectivity index (χ1n) is 6.36. The van der Waals surface area contributed by atoms with Crippen molar-refractivity contribution in [2.45, 2.75) is 24.9 Å². The van der Waals surface area contributed by atoms with Crippen LogP contribution in [0.5, 0.6) is 0 Å². The molecule has 1 rings (SSSR count).